The Morgan fingerprint density at radius 2 is 2.00 bits per heavy atom. The third-order valence-corrected chi connectivity index (χ3v) is 4.65. The molecule has 1 atom stereocenters. The predicted molar refractivity (Wildman–Crippen MR) is 90.1 cm³/mol. The van der Waals surface area contributed by atoms with Gasteiger partial charge in [0, 0.05) is 12.6 Å². The number of carbonyl (C=O) groups is 1. The average Bonchev–Trinajstić information content (AvgIpc) is 3.13. The van der Waals surface area contributed by atoms with E-state index in [1.165, 1.54) is 18.2 Å². The minimum atomic E-state index is -4.36. The minimum Gasteiger partial charge on any atom is -0.370 e. The number of benzene rings is 1. The normalized spacial score (nSPS) is 18.7. The number of carbonyl (C=O) groups excluding carboxylic acids is 1. The van der Waals surface area contributed by atoms with Crippen LogP contribution in [-0.4, -0.2) is 30.5 Å². The van der Waals surface area contributed by atoms with Gasteiger partial charge in [0.15, 0.2) is 0 Å². The molecule has 1 fully saturated rings. The number of rotatable bonds is 3. The molecule has 0 aliphatic carbocycles. The topological polar surface area (TPSA) is 29.5 Å². The van der Waals surface area contributed by atoms with Gasteiger partial charge >= 0.3 is 6.18 Å². The fourth-order valence-corrected chi connectivity index (χ4v) is 3.21. The van der Waals surface area contributed by atoms with Crippen LogP contribution in [0.1, 0.15) is 22.8 Å². The molecule has 1 unspecified atom stereocenters. The monoisotopic (exact) mass is 367 g/mol. The van der Waals surface area contributed by atoms with E-state index in [9.17, 15) is 18.0 Å². The summed E-state index contributed by atoms with van der Waals surface area (Å²) in [5, 5.41) is 3.87. The molecule has 1 aromatic carbocycles. The fourth-order valence-electron chi connectivity index (χ4n) is 2.58. The van der Waals surface area contributed by atoms with Crippen molar-refractivity contribution in [1.82, 2.24) is 4.90 Å². The third-order valence-electron chi connectivity index (χ3n) is 3.95. The highest BCUT2D eigenvalue weighted by molar-refractivity contribution is 7.08. The van der Waals surface area contributed by atoms with E-state index < -0.39 is 17.8 Å². The molecule has 132 valence electrons. The van der Waals surface area contributed by atoms with Crippen molar-refractivity contribution in [3.05, 3.63) is 63.9 Å². The van der Waals surface area contributed by atoms with Gasteiger partial charge < -0.3 is 9.64 Å². The number of ether oxygens (including phenoxy) is 1. The van der Waals surface area contributed by atoms with Gasteiger partial charge in [-0.1, -0.05) is 12.1 Å². The highest BCUT2D eigenvalue weighted by atomic mass is 32.1. The van der Waals surface area contributed by atoms with Crippen LogP contribution in [0.5, 0.6) is 0 Å². The van der Waals surface area contributed by atoms with E-state index >= 15 is 0 Å². The van der Waals surface area contributed by atoms with Crippen LogP contribution >= 0.6 is 11.3 Å². The Morgan fingerprint density at radius 3 is 2.64 bits per heavy atom. The first-order valence-electron chi connectivity index (χ1n) is 7.71. The number of alkyl halides is 3. The van der Waals surface area contributed by atoms with Crippen LogP contribution in [-0.2, 0) is 15.7 Å². The van der Waals surface area contributed by atoms with Crippen molar-refractivity contribution in [1.29, 1.82) is 0 Å². The summed E-state index contributed by atoms with van der Waals surface area (Å²) in [6.45, 7) is 1.13. The molecule has 3 nitrogen and oxygen atoms in total. The van der Waals surface area contributed by atoms with E-state index in [1.807, 2.05) is 16.8 Å². The number of nitrogens with zero attached hydrogens (tertiary/aromatic N) is 1. The molecule has 1 aliphatic rings. The molecule has 1 amide bonds. The second kappa shape index (κ2) is 7.41. The molecule has 1 saturated heterocycles. The Morgan fingerprint density at radius 1 is 1.24 bits per heavy atom. The van der Waals surface area contributed by atoms with E-state index in [-0.39, 0.29) is 5.91 Å². The smallest absolute Gasteiger partial charge is 0.370 e. The van der Waals surface area contributed by atoms with E-state index in [0.717, 1.165) is 17.7 Å². The average molecular weight is 367 g/mol. The third kappa shape index (κ3) is 4.49. The summed E-state index contributed by atoms with van der Waals surface area (Å²) in [6.07, 6.45) is -1.52. The van der Waals surface area contributed by atoms with Gasteiger partial charge in [-0.2, -0.15) is 24.5 Å². The van der Waals surface area contributed by atoms with Gasteiger partial charge in [-0.05, 0) is 46.2 Å². The lowest BCUT2D eigenvalue weighted by atomic mass is 10.1. The number of amides is 1. The van der Waals surface area contributed by atoms with Crippen molar-refractivity contribution in [2.24, 2.45) is 0 Å². The molecule has 1 aromatic heterocycles. The lowest BCUT2D eigenvalue weighted by molar-refractivity contribution is -0.137. The Balaban J connectivity index is 1.65. The van der Waals surface area contributed by atoms with E-state index in [0.29, 0.717) is 25.3 Å². The SMILES string of the molecule is O=C(C=Cc1ccsc1)N1CCOC(c2ccc(C(F)(F)F)cc2)C1. The molecule has 0 saturated carbocycles. The van der Waals surface area contributed by atoms with E-state index in [4.69, 9.17) is 4.74 Å². The molecule has 1 aliphatic heterocycles. The number of halogens is 3. The van der Waals surface area contributed by atoms with E-state index in [2.05, 4.69) is 0 Å². The quantitative estimate of drug-likeness (QED) is 0.754. The minimum absolute atomic E-state index is 0.133. The van der Waals surface area contributed by atoms with Crippen LogP contribution in [0.3, 0.4) is 0 Å². The van der Waals surface area contributed by atoms with Crippen LogP contribution in [0.15, 0.2) is 47.2 Å². The molecule has 25 heavy (non-hydrogen) atoms. The summed E-state index contributed by atoms with van der Waals surface area (Å²) in [4.78, 5) is 13.9. The van der Waals surface area contributed by atoms with Gasteiger partial charge in [0.2, 0.25) is 5.91 Å². The van der Waals surface area contributed by atoms with Crippen LogP contribution in [0.2, 0.25) is 0 Å². The Labute approximate surface area is 147 Å². The zero-order chi connectivity index (χ0) is 17.9. The van der Waals surface area contributed by atoms with Crippen LogP contribution < -0.4 is 0 Å². The van der Waals surface area contributed by atoms with Gasteiger partial charge in [-0.15, -0.1) is 0 Å². The van der Waals surface area contributed by atoms with Crippen LogP contribution in [0.25, 0.3) is 6.08 Å². The summed E-state index contributed by atoms with van der Waals surface area (Å²) >= 11 is 1.55. The fraction of sp³-hybridized carbons (Fsp3) is 0.278. The van der Waals surface area contributed by atoms with Gasteiger partial charge in [-0.3, -0.25) is 4.79 Å². The van der Waals surface area contributed by atoms with Gasteiger partial charge in [-0.25, -0.2) is 0 Å². The summed E-state index contributed by atoms with van der Waals surface area (Å²) < 4.78 is 43.5. The first-order valence-corrected chi connectivity index (χ1v) is 8.66. The molecule has 3 rings (SSSR count). The maximum atomic E-state index is 12.6. The number of morpholine rings is 1. The lowest BCUT2D eigenvalue weighted by Crippen LogP contribution is -2.41. The maximum Gasteiger partial charge on any atom is 0.416 e. The van der Waals surface area contributed by atoms with Crippen molar-refractivity contribution < 1.29 is 22.7 Å². The molecule has 0 bridgehead atoms. The highest BCUT2D eigenvalue weighted by Crippen LogP contribution is 2.31. The summed E-state index contributed by atoms with van der Waals surface area (Å²) in [6, 6.07) is 6.80. The highest BCUT2D eigenvalue weighted by Gasteiger charge is 2.31. The number of hydrogen-bond donors (Lipinski definition) is 0. The van der Waals surface area contributed by atoms with E-state index in [1.54, 1.807) is 22.3 Å². The lowest BCUT2D eigenvalue weighted by Gasteiger charge is -2.32. The second-order valence-corrected chi connectivity index (χ2v) is 6.43. The Hall–Kier alpha value is -2.12. The number of hydrogen-bond acceptors (Lipinski definition) is 3. The molecule has 0 spiro atoms. The first-order chi connectivity index (χ1) is 11.9. The second-order valence-electron chi connectivity index (χ2n) is 5.65. The predicted octanol–water partition coefficient (Wildman–Crippen LogP) is 4.38. The molecular formula is C18H16F3NO2S. The first kappa shape index (κ1) is 17.7. The maximum absolute atomic E-state index is 12.6. The summed E-state index contributed by atoms with van der Waals surface area (Å²) in [5.74, 6) is -0.133. The number of thiophene rings is 1. The molecule has 7 heteroatoms. The molecule has 2 heterocycles. The molecule has 0 N–H and O–H groups in total. The Kier molecular flexibility index (Phi) is 5.24. The van der Waals surface area contributed by atoms with Gasteiger partial charge in [0.05, 0.1) is 18.7 Å². The van der Waals surface area contributed by atoms with Crippen molar-refractivity contribution in [3.8, 4) is 0 Å². The van der Waals surface area contributed by atoms with Crippen molar-refractivity contribution in [2.75, 3.05) is 19.7 Å². The van der Waals surface area contributed by atoms with Gasteiger partial charge in [0.1, 0.15) is 6.10 Å². The molecule has 0 radical (unpaired) electrons. The zero-order valence-corrected chi connectivity index (χ0v) is 14.0. The van der Waals surface area contributed by atoms with Crippen LogP contribution in [0.4, 0.5) is 13.2 Å². The molecular weight excluding hydrogens is 351 g/mol. The van der Waals surface area contributed by atoms with Crippen molar-refractivity contribution >= 4 is 23.3 Å². The molecule has 2 aromatic rings. The van der Waals surface area contributed by atoms with Crippen molar-refractivity contribution in [3.63, 3.8) is 0 Å². The van der Waals surface area contributed by atoms with Gasteiger partial charge in [0.25, 0.3) is 0 Å². The standard InChI is InChI=1S/C18H16F3NO2S/c19-18(20,21)15-4-2-14(3-5-15)16-11-22(8-9-24-16)17(23)6-1-13-7-10-25-12-13/h1-7,10,12,16H,8-9,11H2. The summed E-state index contributed by atoms with van der Waals surface area (Å²) in [5.41, 5.74) is 0.900. The van der Waals surface area contributed by atoms with Crippen molar-refractivity contribution in [2.45, 2.75) is 12.3 Å². The zero-order valence-electron chi connectivity index (χ0n) is 13.2. The Bertz CT molecular complexity index is 739. The largest absolute Gasteiger partial charge is 0.416 e. The van der Waals surface area contributed by atoms with Crippen LogP contribution in [0, 0.1) is 0 Å². The summed E-state index contributed by atoms with van der Waals surface area (Å²) in [7, 11) is 0.